The number of carbonyl (C=O) groups excluding carboxylic acids is 1. The van der Waals surface area contributed by atoms with E-state index < -0.39 is 0 Å². The molecule has 0 unspecified atom stereocenters. The van der Waals surface area contributed by atoms with Gasteiger partial charge in [-0.3, -0.25) is 4.79 Å². The third kappa shape index (κ3) is 1.70. The number of halogens is 1. The first-order chi connectivity index (χ1) is 8.25. The van der Waals surface area contributed by atoms with Gasteiger partial charge in [-0.15, -0.1) is 0 Å². The molecule has 0 radical (unpaired) electrons. The molecule has 3 aromatic rings. The van der Waals surface area contributed by atoms with Gasteiger partial charge in [0.05, 0.1) is 11.8 Å². The summed E-state index contributed by atoms with van der Waals surface area (Å²) in [6.45, 7) is 0. The van der Waals surface area contributed by atoms with Gasteiger partial charge in [0.25, 0.3) is 0 Å². The van der Waals surface area contributed by atoms with E-state index in [0.29, 0.717) is 11.1 Å². The molecule has 0 spiro atoms. The fourth-order valence-electron chi connectivity index (χ4n) is 1.83. The van der Waals surface area contributed by atoms with Crippen LogP contribution in [-0.4, -0.2) is 10.8 Å². The molecule has 17 heavy (non-hydrogen) atoms. The van der Waals surface area contributed by atoms with Crippen molar-refractivity contribution in [3.8, 4) is 0 Å². The molecule has 1 N–H and O–H groups in total. The van der Waals surface area contributed by atoms with E-state index in [1.807, 2.05) is 18.2 Å². The Morgan fingerprint density at radius 1 is 1.29 bits per heavy atom. The Morgan fingerprint density at radius 2 is 2.18 bits per heavy atom. The molecule has 2 heterocycles. The maximum atomic E-state index is 12.2. The van der Waals surface area contributed by atoms with Crippen LogP contribution in [-0.2, 0) is 0 Å². The SMILES string of the molecule is O=C(c1ccoc1)c1c[nH]c2ccc(Br)cc12. The summed E-state index contributed by atoms with van der Waals surface area (Å²) in [4.78, 5) is 15.3. The number of aromatic amines is 1. The predicted molar refractivity (Wildman–Crippen MR) is 68.1 cm³/mol. The van der Waals surface area contributed by atoms with Gasteiger partial charge in [0.2, 0.25) is 0 Å². The van der Waals surface area contributed by atoms with Crippen LogP contribution in [0.2, 0.25) is 0 Å². The standard InChI is InChI=1S/C13H8BrNO2/c14-9-1-2-12-10(5-9)11(6-15-12)13(16)8-3-4-17-7-8/h1-7,15H. The molecule has 0 bridgehead atoms. The highest BCUT2D eigenvalue weighted by atomic mass is 79.9. The van der Waals surface area contributed by atoms with Gasteiger partial charge in [-0.05, 0) is 24.3 Å². The summed E-state index contributed by atoms with van der Waals surface area (Å²) in [6, 6.07) is 7.47. The van der Waals surface area contributed by atoms with E-state index in [2.05, 4.69) is 20.9 Å². The number of aromatic nitrogens is 1. The zero-order valence-electron chi connectivity index (χ0n) is 8.74. The largest absolute Gasteiger partial charge is 0.472 e. The topological polar surface area (TPSA) is 46.0 Å². The number of fused-ring (bicyclic) bond motifs is 1. The Balaban J connectivity index is 2.18. The molecule has 2 aromatic heterocycles. The second-order valence-corrected chi connectivity index (χ2v) is 4.65. The van der Waals surface area contributed by atoms with Crippen LogP contribution >= 0.6 is 15.9 Å². The number of rotatable bonds is 2. The highest BCUT2D eigenvalue weighted by molar-refractivity contribution is 9.10. The van der Waals surface area contributed by atoms with Gasteiger partial charge in [0.15, 0.2) is 5.78 Å². The van der Waals surface area contributed by atoms with Crippen molar-refractivity contribution in [1.29, 1.82) is 0 Å². The molecule has 1 aromatic carbocycles. The third-order valence-electron chi connectivity index (χ3n) is 2.67. The molecule has 84 valence electrons. The van der Waals surface area contributed by atoms with Crippen LogP contribution in [0.1, 0.15) is 15.9 Å². The van der Waals surface area contributed by atoms with Gasteiger partial charge in [-0.2, -0.15) is 0 Å². The fraction of sp³-hybridized carbons (Fsp3) is 0. The number of H-pyrrole nitrogens is 1. The van der Waals surface area contributed by atoms with Crippen molar-refractivity contribution < 1.29 is 9.21 Å². The van der Waals surface area contributed by atoms with Crippen molar-refractivity contribution in [1.82, 2.24) is 4.98 Å². The van der Waals surface area contributed by atoms with Gasteiger partial charge in [-0.1, -0.05) is 15.9 Å². The van der Waals surface area contributed by atoms with Gasteiger partial charge < -0.3 is 9.40 Å². The minimum Gasteiger partial charge on any atom is -0.472 e. The van der Waals surface area contributed by atoms with Crippen LogP contribution in [0.4, 0.5) is 0 Å². The first-order valence-corrected chi connectivity index (χ1v) is 5.88. The molecule has 0 saturated heterocycles. The maximum Gasteiger partial charge on any atom is 0.198 e. The van der Waals surface area contributed by atoms with E-state index in [1.54, 1.807) is 12.3 Å². The lowest BCUT2D eigenvalue weighted by molar-refractivity contribution is 0.103. The van der Waals surface area contributed by atoms with Gasteiger partial charge in [0, 0.05) is 27.1 Å². The number of benzene rings is 1. The monoisotopic (exact) mass is 289 g/mol. The third-order valence-corrected chi connectivity index (χ3v) is 3.17. The lowest BCUT2D eigenvalue weighted by atomic mass is 10.1. The van der Waals surface area contributed by atoms with Gasteiger partial charge in [0.1, 0.15) is 6.26 Å². The molecule has 0 atom stereocenters. The zero-order valence-corrected chi connectivity index (χ0v) is 10.3. The van der Waals surface area contributed by atoms with E-state index in [0.717, 1.165) is 15.4 Å². The van der Waals surface area contributed by atoms with E-state index in [4.69, 9.17) is 4.42 Å². The van der Waals surface area contributed by atoms with E-state index in [9.17, 15) is 4.79 Å². The summed E-state index contributed by atoms with van der Waals surface area (Å²) >= 11 is 3.41. The van der Waals surface area contributed by atoms with Crippen molar-refractivity contribution >= 4 is 32.6 Å². The average Bonchev–Trinajstić information content (AvgIpc) is 2.97. The second-order valence-electron chi connectivity index (χ2n) is 3.73. The summed E-state index contributed by atoms with van der Waals surface area (Å²) in [5, 5.41) is 0.908. The molecular formula is C13H8BrNO2. The molecule has 0 aliphatic heterocycles. The molecular weight excluding hydrogens is 282 g/mol. The highest BCUT2D eigenvalue weighted by Crippen LogP contribution is 2.24. The van der Waals surface area contributed by atoms with E-state index >= 15 is 0 Å². The Bertz CT molecular complexity index is 683. The fourth-order valence-corrected chi connectivity index (χ4v) is 2.19. The molecule has 4 heteroatoms. The van der Waals surface area contributed by atoms with Crippen LogP contribution in [0.25, 0.3) is 10.9 Å². The molecule has 0 saturated carbocycles. The van der Waals surface area contributed by atoms with Crippen LogP contribution in [0.3, 0.4) is 0 Å². The minimum absolute atomic E-state index is 0.0388. The van der Waals surface area contributed by atoms with Crippen LogP contribution in [0, 0.1) is 0 Å². The number of ketones is 1. The first kappa shape index (κ1) is 10.4. The van der Waals surface area contributed by atoms with Crippen molar-refractivity contribution in [2.45, 2.75) is 0 Å². The predicted octanol–water partition coefficient (Wildman–Crippen LogP) is 3.75. The molecule has 3 rings (SSSR count). The van der Waals surface area contributed by atoms with Gasteiger partial charge in [-0.25, -0.2) is 0 Å². The molecule has 0 aliphatic rings. The molecule has 0 amide bonds. The molecule has 0 fully saturated rings. The van der Waals surface area contributed by atoms with Crippen LogP contribution < -0.4 is 0 Å². The zero-order chi connectivity index (χ0) is 11.8. The number of furan rings is 1. The Labute approximate surface area is 106 Å². The second kappa shape index (κ2) is 3.89. The lowest BCUT2D eigenvalue weighted by Gasteiger charge is -1.96. The molecule has 0 aliphatic carbocycles. The highest BCUT2D eigenvalue weighted by Gasteiger charge is 2.15. The van der Waals surface area contributed by atoms with Crippen molar-refractivity contribution in [2.24, 2.45) is 0 Å². The van der Waals surface area contributed by atoms with Gasteiger partial charge >= 0.3 is 0 Å². The number of hydrogen-bond donors (Lipinski definition) is 1. The normalized spacial score (nSPS) is 10.9. The molecule has 3 nitrogen and oxygen atoms in total. The minimum atomic E-state index is -0.0388. The van der Waals surface area contributed by atoms with Crippen LogP contribution in [0.5, 0.6) is 0 Å². The van der Waals surface area contributed by atoms with Crippen LogP contribution in [0.15, 0.2) is 51.9 Å². The number of carbonyl (C=O) groups is 1. The van der Waals surface area contributed by atoms with Crippen molar-refractivity contribution in [3.63, 3.8) is 0 Å². The summed E-state index contributed by atoms with van der Waals surface area (Å²) in [6.07, 6.45) is 4.68. The Morgan fingerprint density at radius 3 is 2.94 bits per heavy atom. The number of nitrogens with one attached hydrogen (secondary N) is 1. The maximum absolute atomic E-state index is 12.2. The summed E-state index contributed by atoms with van der Waals surface area (Å²) in [7, 11) is 0. The summed E-state index contributed by atoms with van der Waals surface area (Å²) in [5.41, 5.74) is 2.16. The van der Waals surface area contributed by atoms with E-state index in [-0.39, 0.29) is 5.78 Å². The number of hydrogen-bond acceptors (Lipinski definition) is 2. The van der Waals surface area contributed by atoms with Crippen molar-refractivity contribution in [2.75, 3.05) is 0 Å². The lowest BCUT2D eigenvalue weighted by Crippen LogP contribution is -1.97. The quantitative estimate of drug-likeness (QED) is 0.730. The smallest absolute Gasteiger partial charge is 0.198 e. The summed E-state index contributed by atoms with van der Waals surface area (Å²) < 4.78 is 5.88. The van der Waals surface area contributed by atoms with E-state index in [1.165, 1.54) is 12.5 Å². The first-order valence-electron chi connectivity index (χ1n) is 5.09. The Kier molecular flexibility index (Phi) is 2.37. The summed E-state index contributed by atoms with van der Waals surface area (Å²) in [5.74, 6) is -0.0388. The Hall–Kier alpha value is -1.81. The average molecular weight is 290 g/mol. The van der Waals surface area contributed by atoms with Crippen molar-refractivity contribution in [3.05, 3.63) is 58.6 Å².